The predicted octanol–water partition coefficient (Wildman–Crippen LogP) is 4.65. The quantitative estimate of drug-likeness (QED) is 0.741. The molecule has 2 aromatic rings. The average molecular weight is 364 g/mol. The number of hydrogen-bond donors (Lipinski definition) is 0. The molecule has 140 valence electrons. The van der Waals surface area contributed by atoms with Crippen molar-refractivity contribution in [3.63, 3.8) is 0 Å². The minimum atomic E-state index is -0.365. The Labute approximate surface area is 159 Å². The minimum Gasteiger partial charge on any atom is -0.455 e. The molecule has 4 atom stereocenters. The number of benzene rings is 2. The molecule has 0 aliphatic heterocycles. The van der Waals surface area contributed by atoms with Crippen molar-refractivity contribution in [2.75, 3.05) is 0 Å². The van der Waals surface area contributed by atoms with E-state index >= 15 is 0 Å². The maximum absolute atomic E-state index is 12.6. The zero-order valence-electron chi connectivity index (χ0n) is 15.3. The summed E-state index contributed by atoms with van der Waals surface area (Å²) in [5.74, 6) is -0.155. The van der Waals surface area contributed by atoms with Crippen LogP contribution in [0.25, 0.3) is 0 Å². The molecule has 0 heterocycles. The van der Waals surface area contributed by atoms with Crippen LogP contribution in [0, 0.1) is 11.8 Å². The van der Waals surface area contributed by atoms with Crippen LogP contribution in [-0.4, -0.2) is 24.1 Å². The highest BCUT2D eigenvalue weighted by Crippen LogP contribution is 2.44. The molecular formula is C23H24O4. The molecule has 2 aliphatic rings. The molecule has 2 bridgehead atoms. The van der Waals surface area contributed by atoms with E-state index in [1.807, 2.05) is 36.4 Å². The Balaban J connectivity index is 1.53. The molecule has 0 N–H and O–H groups in total. The molecule has 0 radical (unpaired) electrons. The van der Waals surface area contributed by atoms with Crippen molar-refractivity contribution in [3.05, 3.63) is 71.8 Å². The maximum atomic E-state index is 12.6. The number of ether oxygens (including phenoxy) is 2. The van der Waals surface area contributed by atoms with E-state index in [2.05, 4.69) is 0 Å². The van der Waals surface area contributed by atoms with E-state index in [0.717, 1.165) is 32.1 Å². The van der Waals surface area contributed by atoms with E-state index in [1.165, 1.54) is 0 Å². The molecule has 0 saturated heterocycles. The SMILES string of the molecule is O=C(OC1C2CCCCC(C2)C1OC(=O)c1ccccc1)c1ccccc1. The zero-order chi connectivity index (χ0) is 18.6. The summed E-state index contributed by atoms with van der Waals surface area (Å²) in [6.45, 7) is 0. The third kappa shape index (κ3) is 3.90. The zero-order valence-corrected chi connectivity index (χ0v) is 15.3. The summed E-state index contributed by atoms with van der Waals surface area (Å²) in [5, 5.41) is 0. The monoisotopic (exact) mass is 364 g/mol. The summed E-state index contributed by atoms with van der Waals surface area (Å²) in [4.78, 5) is 25.2. The predicted molar refractivity (Wildman–Crippen MR) is 101 cm³/mol. The lowest BCUT2D eigenvalue weighted by Gasteiger charge is -2.28. The molecule has 0 amide bonds. The molecule has 2 aliphatic carbocycles. The molecule has 0 spiro atoms. The first-order chi connectivity index (χ1) is 13.2. The van der Waals surface area contributed by atoms with Crippen LogP contribution in [0.2, 0.25) is 0 Å². The highest BCUT2D eigenvalue weighted by molar-refractivity contribution is 5.90. The van der Waals surface area contributed by atoms with Crippen molar-refractivity contribution in [1.29, 1.82) is 0 Å². The van der Waals surface area contributed by atoms with E-state index < -0.39 is 0 Å². The largest absolute Gasteiger partial charge is 0.455 e. The van der Waals surface area contributed by atoms with Gasteiger partial charge in [0.2, 0.25) is 0 Å². The molecule has 4 unspecified atom stereocenters. The van der Waals surface area contributed by atoms with Gasteiger partial charge in [-0.2, -0.15) is 0 Å². The molecular weight excluding hydrogens is 340 g/mol. The van der Waals surface area contributed by atoms with E-state index in [-0.39, 0.29) is 36.0 Å². The lowest BCUT2D eigenvalue weighted by atomic mass is 9.95. The lowest BCUT2D eigenvalue weighted by molar-refractivity contribution is -0.0484. The summed E-state index contributed by atoms with van der Waals surface area (Å²) < 4.78 is 11.8. The van der Waals surface area contributed by atoms with Crippen LogP contribution in [0.4, 0.5) is 0 Å². The van der Waals surface area contributed by atoms with Crippen LogP contribution in [0.15, 0.2) is 60.7 Å². The standard InChI is InChI=1S/C23H24O4/c24-22(16-9-3-1-4-10-16)26-20-18-13-7-8-14-19(15-18)21(20)27-23(25)17-11-5-2-6-12-17/h1-6,9-12,18-21H,7-8,13-15H2. The number of rotatable bonds is 4. The van der Waals surface area contributed by atoms with Gasteiger partial charge in [0.05, 0.1) is 11.1 Å². The van der Waals surface area contributed by atoms with Crippen molar-refractivity contribution in [1.82, 2.24) is 0 Å². The normalized spacial score (nSPS) is 26.8. The van der Waals surface area contributed by atoms with E-state index in [0.29, 0.717) is 11.1 Å². The second-order valence-electron chi connectivity index (χ2n) is 7.51. The van der Waals surface area contributed by atoms with Crippen LogP contribution >= 0.6 is 0 Å². The fourth-order valence-electron chi connectivity index (χ4n) is 4.43. The van der Waals surface area contributed by atoms with Crippen LogP contribution < -0.4 is 0 Å². The van der Waals surface area contributed by atoms with E-state index in [1.54, 1.807) is 24.3 Å². The third-order valence-corrected chi connectivity index (χ3v) is 5.76. The van der Waals surface area contributed by atoms with Crippen molar-refractivity contribution in [2.45, 2.75) is 44.3 Å². The highest BCUT2D eigenvalue weighted by Gasteiger charge is 2.48. The van der Waals surface area contributed by atoms with Crippen molar-refractivity contribution in [3.8, 4) is 0 Å². The maximum Gasteiger partial charge on any atom is 0.338 e. The summed E-state index contributed by atoms with van der Waals surface area (Å²) in [5.41, 5.74) is 1.06. The molecule has 0 aromatic heterocycles. The summed E-state index contributed by atoms with van der Waals surface area (Å²) in [6, 6.07) is 18.0. The Hall–Kier alpha value is -2.62. The Morgan fingerprint density at radius 1 is 0.667 bits per heavy atom. The van der Waals surface area contributed by atoms with E-state index in [4.69, 9.17) is 9.47 Å². The van der Waals surface area contributed by atoms with Gasteiger partial charge in [0.1, 0.15) is 12.2 Å². The molecule has 2 aromatic carbocycles. The first-order valence-corrected chi connectivity index (χ1v) is 9.74. The van der Waals surface area contributed by atoms with Crippen LogP contribution in [-0.2, 0) is 9.47 Å². The van der Waals surface area contributed by atoms with Gasteiger partial charge in [-0.15, -0.1) is 0 Å². The smallest absolute Gasteiger partial charge is 0.338 e. The second-order valence-corrected chi connectivity index (χ2v) is 7.51. The number of fused-ring (bicyclic) bond motifs is 2. The average Bonchev–Trinajstić information content (AvgIpc) is 2.87. The first kappa shape index (κ1) is 17.8. The Morgan fingerprint density at radius 2 is 1.07 bits per heavy atom. The number of carbonyl (C=O) groups excluding carboxylic acids is 2. The molecule has 27 heavy (non-hydrogen) atoms. The van der Waals surface area contributed by atoms with Gasteiger partial charge < -0.3 is 9.47 Å². The molecule has 2 saturated carbocycles. The molecule has 2 fully saturated rings. The van der Waals surface area contributed by atoms with Gasteiger partial charge in [-0.1, -0.05) is 49.2 Å². The first-order valence-electron chi connectivity index (χ1n) is 9.74. The Bertz CT molecular complexity index is 719. The minimum absolute atomic E-state index is 0.263. The molecule has 4 heteroatoms. The Morgan fingerprint density at radius 3 is 1.48 bits per heavy atom. The van der Waals surface area contributed by atoms with Crippen LogP contribution in [0.1, 0.15) is 52.8 Å². The second kappa shape index (κ2) is 7.95. The summed E-state index contributed by atoms with van der Waals surface area (Å²) in [6.07, 6.45) is 4.54. The fourth-order valence-corrected chi connectivity index (χ4v) is 4.43. The van der Waals surface area contributed by atoms with Crippen molar-refractivity contribution >= 4 is 11.9 Å². The summed E-state index contributed by atoms with van der Waals surface area (Å²) >= 11 is 0. The van der Waals surface area contributed by atoms with Gasteiger partial charge in [-0.25, -0.2) is 9.59 Å². The fraction of sp³-hybridized carbons (Fsp3) is 0.391. The van der Waals surface area contributed by atoms with Crippen LogP contribution in [0.5, 0.6) is 0 Å². The van der Waals surface area contributed by atoms with Gasteiger partial charge in [-0.3, -0.25) is 0 Å². The van der Waals surface area contributed by atoms with Gasteiger partial charge in [0, 0.05) is 11.8 Å². The van der Waals surface area contributed by atoms with Gasteiger partial charge >= 0.3 is 11.9 Å². The van der Waals surface area contributed by atoms with Crippen molar-refractivity contribution in [2.24, 2.45) is 11.8 Å². The number of carbonyl (C=O) groups is 2. The molecule has 4 nitrogen and oxygen atoms in total. The number of hydrogen-bond acceptors (Lipinski definition) is 4. The number of esters is 2. The molecule has 4 rings (SSSR count). The van der Waals surface area contributed by atoms with Crippen molar-refractivity contribution < 1.29 is 19.1 Å². The van der Waals surface area contributed by atoms with Gasteiger partial charge in [0.25, 0.3) is 0 Å². The topological polar surface area (TPSA) is 52.6 Å². The lowest BCUT2D eigenvalue weighted by Crippen LogP contribution is -2.38. The highest BCUT2D eigenvalue weighted by atomic mass is 16.6. The van der Waals surface area contributed by atoms with Gasteiger partial charge in [-0.05, 0) is 43.5 Å². The Kier molecular flexibility index (Phi) is 5.23. The summed E-state index contributed by atoms with van der Waals surface area (Å²) in [7, 11) is 0. The van der Waals surface area contributed by atoms with Crippen LogP contribution in [0.3, 0.4) is 0 Å². The van der Waals surface area contributed by atoms with E-state index in [9.17, 15) is 9.59 Å². The van der Waals surface area contributed by atoms with Gasteiger partial charge in [0.15, 0.2) is 0 Å². The third-order valence-electron chi connectivity index (χ3n) is 5.76.